The average Bonchev–Trinajstić information content (AvgIpc) is 2.32. The van der Waals surface area contributed by atoms with Crippen molar-refractivity contribution < 1.29 is 0 Å². The minimum atomic E-state index is 0.546. The third-order valence-corrected chi connectivity index (χ3v) is 2.71. The quantitative estimate of drug-likeness (QED) is 0.858. The zero-order valence-corrected chi connectivity index (χ0v) is 10.3. The van der Waals surface area contributed by atoms with E-state index < -0.39 is 0 Å². The van der Waals surface area contributed by atoms with Gasteiger partial charge in [-0.05, 0) is 42.5 Å². The maximum atomic E-state index is 8.98. The van der Waals surface area contributed by atoms with Crippen molar-refractivity contribution in [3.8, 4) is 6.07 Å². The van der Waals surface area contributed by atoms with Crippen LogP contribution in [-0.2, 0) is 0 Å². The average molecular weight is 263 g/mol. The van der Waals surface area contributed by atoms with E-state index in [-0.39, 0.29) is 0 Å². The third kappa shape index (κ3) is 2.91. The number of anilines is 2. The van der Waals surface area contributed by atoms with Crippen LogP contribution >= 0.6 is 23.2 Å². The molecule has 0 saturated heterocycles. The van der Waals surface area contributed by atoms with Crippen LogP contribution in [0.1, 0.15) is 5.56 Å². The second kappa shape index (κ2) is 5.09. The maximum Gasteiger partial charge on any atom is 0.101 e. The molecule has 2 rings (SSSR count). The summed E-state index contributed by atoms with van der Waals surface area (Å²) in [4.78, 5) is 0. The van der Waals surface area contributed by atoms with Gasteiger partial charge >= 0.3 is 0 Å². The molecule has 0 aliphatic rings. The van der Waals surface area contributed by atoms with E-state index >= 15 is 0 Å². The van der Waals surface area contributed by atoms with Crippen LogP contribution in [0.4, 0.5) is 11.4 Å². The number of rotatable bonds is 2. The Morgan fingerprint density at radius 2 is 1.59 bits per heavy atom. The van der Waals surface area contributed by atoms with Crippen LogP contribution in [0.15, 0.2) is 42.5 Å². The van der Waals surface area contributed by atoms with Crippen molar-refractivity contribution in [3.63, 3.8) is 0 Å². The molecule has 0 aliphatic heterocycles. The highest BCUT2D eigenvalue weighted by molar-refractivity contribution is 6.31. The van der Waals surface area contributed by atoms with Crippen LogP contribution in [0.3, 0.4) is 0 Å². The van der Waals surface area contributed by atoms with Crippen molar-refractivity contribution in [2.45, 2.75) is 0 Å². The van der Waals surface area contributed by atoms with Crippen LogP contribution < -0.4 is 5.32 Å². The third-order valence-electron chi connectivity index (χ3n) is 2.23. The summed E-state index contributed by atoms with van der Waals surface area (Å²) in [6.07, 6.45) is 0. The first-order valence-electron chi connectivity index (χ1n) is 4.91. The summed E-state index contributed by atoms with van der Waals surface area (Å²) in [5.74, 6) is 0. The maximum absolute atomic E-state index is 8.98. The Kier molecular flexibility index (Phi) is 3.53. The molecule has 2 aromatic rings. The molecule has 2 nitrogen and oxygen atoms in total. The van der Waals surface area contributed by atoms with Gasteiger partial charge in [-0.3, -0.25) is 0 Å². The summed E-state index contributed by atoms with van der Waals surface area (Å²) in [6.45, 7) is 0. The molecule has 84 valence electrons. The standard InChI is InChI=1S/C13H8Cl2N2/c14-10-3-5-12(6-4-10)17-13-7-11(15)2-1-9(13)8-16/h1-7,17H. The summed E-state index contributed by atoms with van der Waals surface area (Å²) in [5, 5.41) is 13.4. The number of halogens is 2. The highest BCUT2D eigenvalue weighted by atomic mass is 35.5. The van der Waals surface area contributed by atoms with Gasteiger partial charge in [-0.25, -0.2) is 0 Å². The number of hydrogen-bond donors (Lipinski definition) is 1. The molecule has 0 aromatic heterocycles. The molecule has 0 amide bonds. The Labute approximate surface area is 109 Å². The van der Waals surface area contributed by atoms with E-state index in [4.69, 9.17) is 28.5 Å². The SMILES string of the molecule is N#Cc1ccc(Cl)cc1Nc1ccc(Cl)cc1. The summed E-state index contributed by atoms with van der Waals surface area (Å²) in [7, 11) is 0. The molecular weight excluding hydrogens is 255 g/mol. The molecule has 2 aromatic carbocycles. The van der Waals surface area contributed by atoms with Crippen LogP contribution in [0.5, 0.6) is 0 Å². The van der Waals surface area contributed by atoms with E-state index in [0.717, 1.165) is 5.69 Å². The minimum absolute atomic E-state index is 0.546. The molecule has 17 heavy (non-hydrogen) atoms. The van der Waals surface area contributed by atoms with Crippen molar-refractivity contribution in [2.75, 3.05) is 5.32 Å². The van der Waals surface area contributed by atoms with Crippen molar-refractivity contribution in [3.05, 3.63) is 58.1 Å². The molecule has 0 unspecified atom stereocenters. The Morgan fingerprint density at radius 1 is 0.941 bits per heavy atom. The zero-order valence-electron chi connectivity index (χ0n) is 8.74. The Balaban J connectivity index is 2.32. The molecule has 4 heteroatoms. The van der Waals surface area contributed by atoms with E-state index in [0.29, 0.717) is 21.3 Å². The fraction of sp³-hybridized carbons (Fsp3) is 0. The molecule has 0 saturated carbocycles. The highest BCUT2D eigenvalue weighted by Gasteiger charge is 2.03. The van der Waals surface area contributed by atoms with E-state index in [1.165, 1.54) is 0 Å². The second-order valence-electron chi connectivity index (χ2n) is 3.43. The fourth-order valence-corrected chi connectivity index (χ4v) is 1.70. The van der Waals surface area contributed by atoms with E-state index in [2.05, 4.69) is 11.4 Å². The van der Waals surface area contributed by atoms with Gasteiger partial charge in [0.25, 0.3) is 0 Å². The van der Waals surface area contributed by atoms with Gasteiger partial charge in [0.15, 0.2) is 0 Å². The van der Waals surface area contributed by atoms with Gasteiger partial charge < -0.3 is 5.32 Å². The topological polar surface area (TPSA) is 35.8 Å². The van der Waals surface area contributed by atoms with Crippen molar-refractivity contribution in [2.24, 2.45) is 0 Å². The number of benzene rings is 2. The van der Waals surface area contributed by atoms with Gasteiger partial charge in [0.1, 0.15) is 6.07 Å². The predicted octanol–water partition coefficient (Wildman–Crippen LogP) is 4.61. The second-order valence-corrected chi connectivity index (χ2v) is 4.31. The molecule has 0 bridgehead atoms. The normalized spacial score (nSPS) is 9.71. The van der Waals surface area contributed by atoms with Crippen LogP contribution in [0.25, 0.3) is 0 Å². The van der Waals surface area contributed by atoms with Gasteiger partial charge in [0.2, 0.25) is 0 Å². The molecule has 0 fully saturated rings. The number of nitriles is 1. The van der Waals surface area contributed by atoms with Crippen molar-refractivity contribution >= 4 is 34.6 Å². The molecule has 0 aliphatic carbocycles. The smallest absolute Gasteiger partial charge is 0.101 e. The molecule has 0 spiro atoms. The van der Waals surface area contributed by atoms with Gasteiger partial charge in [-0.1, -0.05) is 23.2 Å². The molecule has 0 heterocycles. The van der Waals surface area contributed by atoms with Crippen LogP contribution in [-0.4, -0.2) is 0 Å². The van der Waals surface area contributed by atoms with Gasteiger partial charge in [0, 0.05) is 15.7 Å². The van der Waals surface area contributed by atoms with Gasteiger partial charge in [-0.2, -0.15) is 5.26 Å². The zero-order chi connectivity index (χ0) is 12.3. The largest absolute Gasteiger partial charge is 0.354 e. The predicted molar refractivity (Wildman–Crippen MR) is 70.9 cm³/mol. The van der Waals surface area contributed by atoms with Crippen LogP contribution in [0, 0.1) is 11.3 Å². The van der Waals surface area contributed by atoms with Crippen molar-refractivity contribution in [1.29, 1.82) is 5.26 Å². The first kappa shape index (κ1) is 11.8. The summed E-state index contributed by atoms with van der Waals surface area (Å²) < 4.78 is 0. The Bertz CT molecular complexity index is 571. The minimum Gasteiger partial charge on any atom is -0.354 e. The first-order chi connectivity index (χ1) is 8.19. The molecular formula is C13H8Cl2N2. The van der Waals surface area contributed by atoms with Crippen LogP contribution in [0.2, 0.25) is 10.0 Å². The number of nitrogens with one attached hydrogen (secondary N) is 1. The molecule has 1 N–H and O–H groups in total. The summed E-state index contributed by atoms with van der Waals surface area (Å²) >= 11 is 11.7. The van der Waals surface area contributed by atoms with E-state index in [1.807, 2.05) is 12.1 Å². The fourth-order valence-electron chi connectivity index (χ4n) is 1.41. The lowest BCUT2D eigenvalue weighted by atomic mass is 10.2. The molecule has 0 radical (unpaired) electrons. The summed E-state index contributed by atoms with van der Waals surface area (Å²) in [5.41, 5.74) is 2.08. The summed E-state index contributed by atoms with van der Waals surface area (Å²) in [6, 6.07) is 14.4. The monoisotopic (exact) mass is 262 g/mol. The Morgan fingerprint density at radius 3 is 2.24 bits per heavy atom. The van der Waals surface area contributed by atoms with E-state index in [9.17, 15) is 0 Å². The Hall–Kier alpha value is -1.69. The van der Waals surface area contributed by atoms with Gasteiger partial charge in [-0.15, -0.1) is 0 Å². The lowest BCUT2D eigenvalue weighted by Crippen LogP contribution is -1.93. The van der Waals surface area contributed by atoms with Crippen molar-refractivity contribution in [1.82, 2.24) is 0 Å². The lowest BCUT2D eigenvalue weighted by molar-refractivity contribution is 1.46. The lowest BCUT2D eigenvalue weighted by Gasteiger charge is -2.08. The molecule has 0 atom stereocenters. The number of hydrogen-bond acceptors (Lipinski definition) is 2. The van der Waals surface area contributed by atoms with E-state index in [1.54, 1.807) is 30.3 Å². The number of nitrogens with zero attached hydrogens (tertiary/aromatic N) is 1. The van der Waals surface area contributed by atoms with Gasteiger partial charge in [0.05, 0.1) is 11.3 Å². The first-order valence-corrected chi connectivity index (χ1v) is 5.67. The highest BCUT2D eigenvalue weighted by Crippen LogP contribution is 2.25.